The van der Waals surface area contributed by atoms with Crippen LogP contribution in [0, 0.1) is 10.1 Å². The van der Waals surface area contributed by atoms with Crippen LogP contribution < -0.4 is 0 Å². The summed E-state index contributed by atoms with van der Waals surface area (Å²) in [4.78, 5) is 22.8. The largest absolute Gasteiger partial charge is 0.460 e. The van der Waals surface area contributed by atoms with Crippen molar-refractivity contribution in [2.24, 2.45) is 0 Å². The summed E-state index contributed by atoms with van der Waals surface area (Å²) in [7, 11) is 0. The Kier molecular flexibility index (Phi) is 6.20. The van der Waals surface area contributed by atoms with E-state index in [1.165, 1.54) is 17.8 Å². The molecule has 0 unspecified atom stereocenters. The highest BCUT2D eigenvalue weighted by atomic mass is 32.2. The highest BCUT2D eigenvalue weighted by molar-refractivity contribution is 8.00. The summed E-state index contributed by atoms with van der Waals surface area (Å²) < 4.78 is 5.24. The maximum Gasteiger partial charge on any atom is 0.306 e. The second-order valence-corrected chi connectivity index (χ2v) is 7.26. The molecule has 0 saturated carbocycles. The average Bonchev–Trinajstić information content (AvgIpc) is 2.35. The van der Waals surface area contributed by atoms with Gasteiger partial charge in [-0.05, 0) is 33.3 Å². The van der Waals surface area contributed by atoms with E-state index in [0.717, 1.165) is 0 Å². The van der Waals surface area contributed by atoms with Gasteiger partial charge in [0.2, 0.25) is 0 Å². The van der Waals surface area contributed by atoms with Crippen LogP contribution in [0.4, 0.5) is 5.69 Å². The topological polar surface area (TPSA) is 69.4 Å². The molecule has 0 fully saturated rings. The lowest BCUT2D eigenvalue weighted by atomic mass is 10.2. The molecule has 0 aliphatic rings. The maximum absolute atomic E-state index is 11.7. The van der Waals surface area contributed by atoms with E-state index in [2.05, 4.69) is 0 Å². The number of nitro benzene ring substituents is 1. The molecule has 1 aromatic rings. The zero-order chi connectivity index (χ0) is 16.0. The summed E-state index contributed by atoms with van der Waals surface area (Å²) in [6.07, 6.45) is 0.928. The van der Waals surface area contributed by atoms with Crippen molar-refractivity contribution < 1.29 is 14.5 Å². The quantitative estimate of drug-likeness (QED) is 0.341. The Labute approximate surface area is 129 Å². The number of nitrogens with zero attached hydrogens (tertiary/aromatic N) is 1. The molecule has 0 aliphatic heterocycles. The van der Waals surface area contributed by atoms with E-state index < -0.39 is 5.60 Å². The van der Waals surface area contributed by atoms with Crippen LogP contribution in [0.5, 0.6) is 0 Å². The number of benzene rings is 1. The van der Waals surface area contributed by atoms with Gasteiger partial charge in [-0.2, -0.15) is 0 Å². The zero-order valence-electron chi connectivity index (χ0n) is 12.8. The maximum atomic E-state index is 11.7. The third kappa shape index (κ3) is 6.62. The minimum absolute atomic E-state index is 0.0959. The smallest absolute Gasteiger partial charge is 0.306 e. The summed E-state index contributed by atoms with van der Waals surface area (Å²) in [6, 6.07) is 6.64. The van der Waals surface area contributed by atoms with Crippen LogP contribution in [0.25, 0.3) is 0 Å². The third-order valence-electron chi connectivity index (χ3n) is 2.57. The van der Waals surface area contributed by atoms with E-state index in [1.807, 2.05) is 27.7 Å². The highest BCUT2D eigenvalue weighted by Crippen LogP contribution is 2.33. The number of hydrogen-bond acceptors (Lipinski definition) is 5. The molecule has 0 aliphatic carbocycles. The van der Waals surface area contributed by atoms with E-state index >= 15 is 0 Å². The summed E-state index contributed by atoms with van der Waals surface area (Å²) in [6.45, 7) is 7.44. The first-order chi connectivity index (χ1) is 9.69. The van der Waals surface area contributed by atoms with Crippen molar-refractivity contribution in [3.05, 3.63) is 34.4 Å². The van der Waals surface area contributed by atoms with E-state index in [4.69, 9.17) is 4.74 Å². The van der Waals surface area contributed by atoms with Crippen molar-refractivity contribution in [1.29, 1.82) is 0 Å². The van der Waals surface area contributed by atoms with E-state index in [-0.39, 0.29) is 21.8 Å². The van der Waals surface area contributed by atoms with Gasteiger partial charge in [0, 0.05) is 17.7 Å². The van der Waals surface area contributed by atoms with Crippen LogP contribution in [-0.4, -0.2) is 21.7 Å². The third-order valence-corrected chi connectivity index (χ3v) is 3.80. The summed E-state index contributed by atoms with van der Waals surface area (Å²) in [5.74, 6) is -0.238. The molecule has 1 atom stereocenters. The van der Waals surface area contributed by atoms with Gasteiger partial charge in [-0.1, -0.05) is 19.1 Å². The lowest BCUT2D eigenvalue weighted by molar-refractivity contribution is -0.387. The average molecular weight is 311 g/mol. The van der Waals surface area contributed by atoms with E-state index in [9.17, 15) is 14.9 Å². The Balaban J connectivity index is 2.53. The predicted octanol–water partition coefficient (Wildman–Crippen LogP) is 4.20. The van der Waals surface area contributed by atoms with Gasteiger partial charge < -0.3 is 4.74 Å². The summed E-state index contributed by atoms with van der Waals surface area (Å²) in [5.41, 5.74) is -0.377. The fourth-order valence-electron chi connectivity index (χ4n) is 1.70. The lowest BCUT2D eigenvalue weighted by Gasteiger charge is -2.20. The van der Waals surface area contributed by atoms with Crippen molar-refractivity contribution in [3.8, 4) is 0 Å². The molecule has 0 heterocycles. The molecule has 1 aromatic carbocycles. The molecule has 0 N–H and O–H groups in total. The van der Waals surface area contributed by atoms with Gasteiger partial charge in [-0.3, -0.25) is 14.9 Å². The summed E-state index contributed by atoms with van der Waals surface area (Å²) >= 11 is 1.41. The van der Waals surface area contributed by atoms with Crippen molar-refractivity contribution in [2.45, 2.75) is 56.3 Å². The molecule has 0 spiro atoms. The number of rotatable bonds is 6. The van der Waals surface area contributed by atoms with Crippen molar-refractivity contribution in [3.63, 3.8) is 0 Å². The molecule has 116 valence electrons. The van der Waals surface area contributed by atoms with Crippen LogP contribution in [0.3, 0.4) is 0 Å². The van der Waals surface area contributed by atoms with Gasteiger partial charge in [0.25, 0.3) is 5.69 Å². The fourth-order valence-corrected chi connectivity index (χ4v) is 2.79. The molecule has 0 amide bonds. The Bertz CT molecular complexity index is 511. The molecule has 0 bridgehead atoms. The minimum atomic E-state index is -0.480. The van der Waals surface area contributed by atoms with Gasteiger partial charge in [0.15, 0.2) is 0 Å². The normalized spacial score (nSPS) is 12.8. The number of esters is 1. The molecular weight excluding hydrogens is 290 g/mol. The molecule has 0 radical (unpaired) electrons. The second kappa shape index (κ2) is 7.45. The van der Waals surface area contributed by atoms with Crippen LogP contribution in [0.2, 0.25) is 0 Å². The number of para-hydroxylation sites is 1. The molecule has 0 aromatic heterocycles. The van der Waals surface area contributed by atoms with Gasteiger partial charge in [-0.15, -0.1) is 11.8 Å². The summed E-state index contributed by atoms with van der Waals surface area (Å²) in [5, 5.41) is 11.0. The van der Waals surface area contributed by atoms with Crippen LogP contribution in [0.1, 0.15) is 40.5 Å². The van der Waals surface area contributed by atoms with E-state index in [1.54, 1.807) is 18.2 Å². The van der Waals surface area contributed by atoms with E-state index in [0.29, 0.717) is 17.7 Å². The molecular formula is C15H21NO4S. The first kappa shape index (κ1) is 17.5. The fraction of sp³-hybridized carbons (Fsp3) is 0.533. The molecule has 1 rings (SSSR count). The van der Waals surface area contributed by atoms with Crippen LogP contribution in [-0.2, 0) is 9.53 Å². The molecule has 0 saturated heterocycles. The number of hydrogen-bond donors (Lipinski definition) is 0. The van der Waals surface area contributed by atoms with Crippen molar-refractivity contribution in [2.75, 3.05) is 0 Å². The van der Waals surface area contributed by atoms with Gasteiger partial charge in [-0.25, -0.2) is 0 Å². The van der Waals surface area contributed by atoms with Gasteiger partial charge in [0.05, 0.1) is 9.82 Å². The number of carbonyl (C=O) groups excluding carboxylic acids is 1. The van der Waals surface area contributed by atoms with Gasteiger partial charge in [0.1, 0.15) is 5.60 Å². The second-order valence-electron chi connectivity index (χ2n) is 5.78. The predicted molar refractivity (Wildman–Crippen MR) is 83.5 cm³/mol. The number of nitro groups is 1. The number of ether oxygens (including phenoxy) is 1. The monoisotopic (exact) mass is 311 g/mol. The molecule has 21 heavy (non-hydrogen) atoms. The van der Waals surface area contributed by atoms with Crippen LogP contribution in [0.15, 0.2) is 29.2 Å². The SMILES string of the molecule is C[C@@H](CCC(=O)OC(C)(C)C)Sc1ccccc1[N+](=O)[O-]. The number of thioether (sulfide) groups is 1. The Morgan fingerprint density at radius 3 is 2.57 bits per heavy atom. The first-order valence-electron chi connectivity index (χ1n) is 6.81. The van der Waals surface area contributed by atoms with Crippen LogP contribution >= 0.6 is 11.8 Å². The molecule has 6 heteroatoms. The van der Waals surface area contributed by atoms with Crippen molar-refractivity contribution >= 4 is 23.4 Å². The van der Waals surface area contributed by atoms with Crippen molar-refractivity contribution in [1.82, 2.24) is 0 Å². The minimum Gasteiger partial charge on any atom is -0.460 e. The Morgan fingerprint density at radius 1 is 1.38 bits per heavy atom. The Morgan fingerprint density at radius 2 is 2.00 bits per heavy atom. The lowest BCUT2D eigenvalue weighted by Crippen LogP contribution is -2.24. The highest BCUT2D eigenvalue weighted by Gasteiger charge is 2.19. The Hall–Kier alpha value is -1.56. The standard InChI is InChI=1S/C15H21NO4S/c1-11(9-10-14(17)20-15(2,3)4)21-13-8-6-5-7-12(13)16(18)19/h5-8,11H,9-10H2,1-4H3/t11-/m0/s1. The molecule has 5 nitrogen and oxygen atoms in total. The van der Waals surface area contributed by atoms with Gasteiger partial charge >= 0.3 is 5.97 Å². The zero-order valence-corrected chi connectivity index (χ0v) is 13.6. The first-order valence-corrected chi connectivity index (χ1v) is 7.69. The number of carbonyl (C=O) groups is 1.